The molecule has 0 saturated carbocycles. The van der Waals surface area contributed by atoms with Gasteiger partial charge in [0, 0.05) is 11.1 Å². The molecule has 0 unspecified atom stereocenters. The number of thiazole rings is 1. The lowest BCUT2D eigenvalue weighted by molar-refractivity contribution is 0.691. The molecular formula is C9H12N4S. The molecule has 0 spiro atoms. The summed E-state index contributed by atoms with van der Waals surface area (Å²) in [4.78, 5) is 5.60. The number of rotatable bonds is 2. The zero-order chi connectivity index (χ0) is 10.1. The molecule has 4 nitrogen and oxygen atoms in total. The zero-order valence-corrected chi connectivity index (χ0v) is 9.01. The number of hydrogen-bond donors (Lipinski definition) is 1. The van der Waals surface area contributed by atoms with Gasteiger partial charge in [0.15, 0.2) is 0 Å². The molecule has 0 aliphatic heterocycles. The van der Waals surface area contributed by atoms with Gasteiger partial charge in [0.25, 0.3) is 0 Å². The number of aromatic nitrogens is 3. The van der Waals surface area contributed by atoms with Gasteiger partial charge in [-0.05, 0) is 13.8 Å². The van der Waals surface area contributed by atoms with Gasteiger partial charge in [-0.2, -0.15) is 5.10 Å². The van der Waals surface area contributed by atoms with E-state index in [1.165, 1.54) is 4.88 Å². The van der Waals surface area contributed by atoms with Crippen LogP contribution in [0.4, 0.5) is 5.69 Å². The molecule has 0 bridgehead atoms. The van der Waals surface area contributed by atoms with Crippen molar-refractivity contribution in [2.24, 2.45) is 0 Å². The number of nitrogens with zero attached hydrogens (tertiary/aromatic N) is 3. The molecule has 2 heterocycles. The van der Waals surface area contributed by atoms with Crippen LogP contribution in [-0.2, 0) is 6.54 Å². The first-order valence-corrected chi connectivity index (χ1v) is 5.17. The van der Waals surface area contributed by atoms with Crippen LogP contribution in [0.15, 0.2) is 12.4 Å². The molecule has 0 aliphatic carbocycles. The van der Waals surface area contributed by atoms with Gasteiger partial charge in [0.1, 0.15) is 0 Å². The molecular weight excluding hydrogens is 196 g/mol. The van der Waals surface area contributed by atoms with Gasteiger partial charge in [-0.3, -0.25) is 4.68 Å². The molecule has 5 heteroatoms. The molecule has 0 aliphatic rings. The Labute approximate surface area is 86.4 Å². The third kappa shape index (κ3) is 1.77. The fraction of sp³-hybridized carbons (Fsp3) is 0.333. The number of anilines is 1. The second-order valence-corrected chi connectivity index (χ2v) is 4.50. The van der Waals surface area contributed by atoms with E-state index in [2.05, 4.69) is 10.1 Å². The van der Waals surface area contributed by atoms with Crippen molar-refractivity contribution in [3.05, 3.63) is 28.0 Å². The molecule has 0 saturated heterocycles. The van der Waals surface area contributed by atoms with E-state index in [-0.39, 0.29) is 0 Å². The van der Waals surface area contributed by atoms with E-state index < -0.39 is 0 Å². The summed E-state index contributed by atoms with van der Waals surface area (Å²) in [5.41, 5.74) is 7.36. The van der Waals surface area contributed by atoms with Crippen molar-refractivity contribution in [2.75, 3.05) is 5.73 Å². The zero-order valence-electron chi connectivity index (χ0n) is 8.19. The largest absolute Gasteiger partial charge is 0.396 e. The first kappa shape index (κ1) is 9.21. The van der Waals surface area contributed by atoms with E-state index in [0.29, 0.717) is 5.69 Å². The van der Waals surface area contributed by atoms with Crippen LogP contribution >= 0.6 is 11.3 Å². The first-order chi connectivity index (χ1) is 6.65. The third-order valence-electron chi connectivity index (χ3n) is 1.96. The van der Waals surface area contributed by atoms with Crippen molar-refractivity contribution in [1.29, 1.82) is 0 Å². The summed E-state index contributed by atoms with van der Waals surface area (Å²) in [5.74, 6) is 0. The second-order valence-electron chi connectivity index (χ2n) is 3.21. The Balaban J connectivity index is 2.22. The van der Waals surface area contributed by atoms with E-state index in [1.54, 1.807) is 17.5 Å². The summed E-state index contributed by atoms with van der Waals surface area (Å²) in [7, 11) is 0. The Morgan fingerprint density at radius 2 is 2.29 bits per heavy atom. The molecule has 74 valence electrons. The Kier molecular flexibility index (Phi) is 2.25. The van der Waals surface area contributed by atoms with Crippen LogP contribution in [0.1, 0.15) is 15.6 Å². The van der Waals surface area contributed by atoms with Crippen molar-refractivity contribution in [3.8, 4) is 0 Å². The summed E-state index contributed by atoms with van der Waals surface area (Å²) in [6, 6.07) is 0. The van der Waals surface area contributed by atoms with Gasteiger partial charge in [0.05, 0.1) is 29.1 Å². The van der Waals surface area contributed by atoms with Gasteiger partial charge in [-0.15, -0.1) is 11.3 Å². The summed E-state index contributed by atoms with van der Waals surface area (Å²) >= 11 is 1.71. The fourth-order valence-electron chi connectivity index (χ4n) is 1.33. The average Bonchev–Trinajstić information content (AvgIpc) is 2.61. The molecule has 2 rings (SSSR count). The van der Waals surface area contributed by atoms with E-state index in [9.17, 15) is 0 Å². The number of nitrogens with two attached hydrogens (primary N) is 1. The smallest absolute Gasteiger partial charge is 0.0900 e. The lowest BCUT2D eigenvalue weighted by atomic mass is 10.4. The van der Waals surface area contributed by atoms with Crippen molar-refractivity contribution in [2.45, 2.75) is 20.4 Å². The minimum Gasteiger partial charge on any atom is -0.396 e. The Morgan fingerprint density at radius 1 is 1.50 bits per heavy atom. The third-order valence-corrected chi connectivity index (χ3v) is 3.02. The van der Waals surface area contributed by atoms with E-state index >= 15 is 0 Å². The molecule has 0 aromatic carbocycles. The molecule has 0 radical (unpaired) electrons. The Bertz CT molecular complexity index is 443. The van der Waals surface area contributed by atoms with Gasteiger partial charge in [0.2, 0.25) is 0 Å². The Morgan fingerprint density at radius 3 is 2.79 bits per heavy atom. The predicted octanol–water partition coefficient (Wildman–Crippen LogP) is 1.59. The quantitative estimate of drug-likeness (QED) is 0.815. The highest BCUT2D eigenvalue weighted by Gasteiger charge is 2.05. The van der Waals surface area contributed by atoms with E-state index in [1.807, 2.05) is 24.7 Å². The Hall–Kier alpha value is -1.36. The number of hydrogen-bond acceptors (Lipinski definition) is 4. The van der Waals surface area contributed by atoms with Gasteiger partial charge in [-0.1, -0.05) is 0 Å². The minimum absolute atomic E-state index is 0.698. The molecule has 2 aromatic heterocycles. The van der Waals surface area contributed by atoms with Crippen LogP contribution in [-0.4, -0.2) is 14.8 Å². The molecule has 2 aromatic rings. The monoisotopic (exact) mass is 208 g/mol. The molecule has 0 atom stereocenters. The van der Waals surface area contributed by atoms with Gasteiger partial charge < -0.3 is 5.73 Å². The summed E-state index contributed by atoms with van der Waals surface area (Å²) in [6.07, 6.45) is 3.48. The fourth-order valence-corrected chi connectivity index (χ4v) is 2.26. The van der Waals surface area contributed by atoms with E-state index in [0.717, 1.165) is 17.2 Å². The highest BCUT2D eigenvalue weighted by Crippen LogP contribution is 2.18. The van der Waals surface area contributed by atoms with Crippen molar-refractivity contribution >= 4 is 17.0 Å². The van der Waals surface area contributed by atoms with Crippen LogP contribution < -0.4 is 5.73 Å². The standard InChI is InChI=1S/C9H12N4S/c1-6-9(14-7(2)12-6)5-13-4-8(10)3-11-13/h3-4H,5,10H2,1-2H3. The van der Waals surface area contributed by atoms with Crippen molar-refractivity contribution in [1.82, 2.24) is 14.8 Å². The summed E-state index contributed by atoms with van der Waals surface area (Å²) in [5, 5.41) is 5.23. The number of aryl methyl sites for hydroxylation is 2. The second kappa shape index (κ2) is 3.42. The maximum Gasteiger partial charge on any atom is 0.0900 e. The van der Waals surface area contributed by atoms with Crippen LogP contribution in [0, 0.1) is 13.8 Å². The predicted molar refractivity (Wildman–Crippen MR) is 57.3 cm³/mol. The first-order valence-electron chi connectivity index (χ1n) is 4.36. The molecule has 14 heavy (non-hydrogen) atoms. The lowest BCUT2D eigenvalue weighted by Gasteiger charge is -1.97. The maximum absolute atomic E-state index is 5.58. The normalized spacial score (nSPS) is 10.7. The summed E-state index contributed by atoms with van der Waals surface area (Å²) in [6.45, 7) is 4.79. The maximum atomic E-state index is 5.58. The highest BCUT2D eigenvalue weighted by molar-refractivity contribution is 7.11. The van der Waals surface area contributed by atoms with Crippen molar-refractivity contribution < 1.29 is 0 Å². The summed E-state index contributed by atoms with van der Waals surface area (Å²) < 4.78 is 1.83. The topological polar surface area (TPSA) is 56.7 Å². The molecule has 0 fully saturated rings. The molecule has 0 amide bonds. The molecule has 2 N–H and O–H groups in total. The SMILES string of the molecule is Cc1nc(C)c(Cn2cc(N)cn2)s1. The van der Waals surface area contributed by atoms with Crippen LogP contribution in [0.2, 0.25) is 0 Å². The van der Waals surface area contributed by atoms with Gasteiger partial charge in [-0.25, -0.2) is 4.98 Å². The van der Waals surface area contributed by atoms with Crippen LogP contribution in [0.25, 0.3) is 0 Å². The van der Waals surface area contributed by atoms with E-state index in [4.69, 9.17) is 5.73 Å². The van der Waals surface area contributed by atoms with Crippen LogP contribution in [0.5, 0.6) is 0 Å². The van der Waals surface area contributed by atoms with Gasteiger partial charge >= 0.3 is 0 Å². The number of nitrogen functional groups attached to an aromatic ring is 1. The highest BCUT2D eigenvalue weighted by atomic mass is 32.1. The minimum atomic E-state index is 0.698. The van der Waals surface area contributed by atoms with Crippen LogP contribution in [0.3, 0.4) is 0 Å². The van der Waals surface area contributed by atoms with Crippen molar-refractivity contribution in [3.63, 3.8) is 0 Å². The average molecular weight is 208 g/mol. The lowest BCUT2D eigenvalue weighted by Crippen LogP contribution is -1.99.